The summed E-state index contributed by atoms with van der Waals surface area (Å²) in [6, 6.07) is 5.65. The highest BCUT2D eigenvalue weighted by atomic mass is 35.5. The number of thiophene rings is 1. The molecule has 0 spiro atoms. The van der Waals surface area contributed by atoms with Crippen LogP contribution in [0.15, 0.2) is 18.2 Å². The third-order valence-corrected chi connectivity index (χ3v) is 5.21. The van der Waals surface area contributed by atoms with Crippen LogP contribution in [0.2, 0.25) is 5.02 Å². The highest BCUT2D eigenvalue weighted by Gasteiger charge is 2.28. The van der Waals surface area contributed by atoms with Crippen LogP contribution in [0.25, 0.3) is 10.1 Å². The van der Waals surface area contributed by atoms with Crippen molar-refractivity contribution in [1.29, 1.82) is 0 Å². The monoisotopic (exact) mass is 308 g/mol. The molecule has 1 fully saturated rings. The molecule has 1 aromatic heterocycles. The zero-order valence-electron chi connectivity index (χ0n) is 11.4. The van der Waals surface area contributed by atoms with Crippen molar-refractivity contribution in [2.45, 2.75) is 19.8 Å². The van der Waals surface area contributed by atoms with Gasteiger partial charge in [0.1, 0.15) is 4.88 Å². The Morgan fingerprint density at radius 1 is 1.50 bits per heavy atom. The summed E-state index contributed by atoms with van der Waals surface area (Å²) in [5.74, 6) is 0.715. The molecular weight excluding hydrogens is 292 g/mol. The Kier molecular flexibility index (Phi) is 3.61. The van der Waals surface area contributed by atoms with E-state index in [1.165, 1.54) is 24.2 Å². The summed E-state index contributed by atoms with van der Waals surface area (Å²) in [7, 11) is 0. The molecule has 1 aromatic carbocycles. The highest BCUT2D eigenvalue weighted by molar-refractivity contribution is 7.21. The van der Waals surface area contributed by atoms with Gasteiger partial charge in [0.15, 0.2) is 0 Å². The Labute approximate surface area is 127 Å². The largest absolute Gasteiger partial charge is 0.397 e. The number of hydrogen-bond donors (Lipinski definition) is 1. The molecule has 1 heterocycles. The van der Waals surface area contributed by atoms with E-state index in [9.17, 15) is 4.79 Å². The number of carbonyl (C=O) groups is 1. The smallest absolute Gasteiger partial charge is 0.266 e. The van der Waals surface area contributed by atoms with E-state index in [-0.39, 0.29) is 5.91 Å². The Bertz CT molecular complexity index is 663. The van der Waals surface area contributed by atoms with E-state index in [1.807, 2.05) is 30.0 Å². The summed E-state index contributed by atoms with van der Waals surface area (Å²) in [6.45, 7) is 3.57. The van der Waals surface area contributed by atoms with E-state index in [1.54, 1.807) is 0 Å². The van der Waals surface area contributed by atoms with Crippen LogP contribution in [-0.2, 0) is 0 Å². The Morgan fingerprint density at radius 2 is 2.25 bits per heavy atom. The van der Waals surface area contributed by atoms with Crippen LogP contribution in [-0.4, -0.2) is 23.9 Å². The first-order valence-electron chi connectivity index (χ1n) is 6.87. The minimum absolute atomic E-state index is 0.0363. The number of hydrogen-bond acceptors (Lipinski definition) is 3. The second-order valence-corrected chi connectivity index (χ2v) is 6.70. The van der Waals surface area contributed by atoms with Gasteiger partial charge in [0, 0.05) is 23.2 Å². The SMILES string of the molecule is CCN(CC1CC1)C(=O)c1sc2cccc(Cl)c2c1N. The van der Waals surface area contributed by atoms with Gasteiger partial charge in [-0.2, -0.15) is 0 Å². The lowest BCUT2D eigenvalue weighted by molar-refractivity contribution is 0.0763. The Morgan fingerprint density at radius 3 is 2.85 bits per heavy atom. The maximum Gasteiger partial charge on any atom is 0.266 e. The van der Waals surface area contributed by atoms with Crippen LogP contribution in [0.1, 0.15) is 29.4 Å². The standard InChI is InChI=1S/C15H17ClN2OS/c1-2-18(8-9-6-7-9)15(19)14-13(17)12-10(16)4-3-5-11(12)20-14/h3-5,9H,2,6-8,17H2,1H3. The minimum Gasteiger partial charge on any atom is -0.397 e. The van der Waals surface area contributed by atoms with Crippen molar-refractivity contribution in [3.8, 4) is 0 Å². The number of rotatable bonds is 4. The molecule has 0 aliphatic heterocycles. The molecule has 0 bridgehead atoms. The molecular formula is C15H17ClN2OS. The maximum absolute atomic E-state index is 12.7. The summed E-state index contributed by atoms with van der Waals surface area (Å²) in [5, 5.41) is 1.42. The highest BCUT2D eigenvalue weighted by Crippen LogP contribution is 2.39. The third-order valence-electron chi connectivity index (χ3n) is 3.74. The molecule has 0 unspecified atom stereocenters. The van der Waals surface area contributed by atoms with Crippen molar-refractivity contribution >= 4 is 44.6 Å². The molecule has 106 valence electrons. The van der Waals surface area contributed by atoms with E-state index in [0.29, 0.717) is 21.5 Å². The van der Waals surface area contributed by atoms with Crippen molar-refractivity contribution in [1.82, 2.24) is 4.90 Å². The first-order chi connectivity index (χ1) is 9.61. The van der Waals surface area contributed by atoms with E-state index < -0.39 is 0 Å². The molecule has 1 aliphatic rings. The molecule has 20 heavy (non-hydrogen) atoms. The molecule has 5 heteroatoms. The van der Waals surface area contributed by atoms with Gasteiger partial charge in [0.25, 0.3) is 5.91 Å². The summed E-state index contributed by atoms with van der Waals surface area (Å²) in [4.78, 5) is 15.2. The van der Waals surface area contributed by atoms with E-state index in [4.69, 9.17) is 17.3 Å². The molecule has 1 amide bonds. The van der Waals surface area contributed by atoms with Crippen LogP contribution >= 0.6 is 22.9 Å². The van der Waals surface area contributed by atoms with Crippen molar-refractivity contribution in [2.24, 2.45) is 5.92 Å². The molecule has 2 N–H and O–H groups in total. The van der Waals surface area contributed by atoms with Crippen molar-refractivity contribution in [2.75, 3.05) is 18.8 Å². The number of halogens is 1. The van der Waals surface area contributed by atoms with Crippen LogP contribution in [0.4, 0.5) is 5.69 Å². The number of amides is 1. The normalized spacial score (nSPS) is 14.7. The predicted molar refractivity (Wildman–Crippen MR) is 85.5 cm³/mol. The van der Waals surface area contributed by atoms with Gasteiger partial charge in [-0.15, -0.1) is 11.3 Å². The van der Waals surface area contributed by atoms with Crippen molar-refractivity contribution in [3.63, 3.8) is 0 Å². The number of nitrogen functional groups attached to an aromatic ring is 1. The zero-order valence-corrected chi connectivity index (χ0v) is 12.9. The number of nitrogens with zero attached hydrogens (tertiary/aromatic N) is 1. The quantitative estimate of drug-likeness (QED) is 0.927. The van der Waals surface area contributed by atoms with Gasteiger partial charge in [-0.25, -0.2) is 0 Å². The minimum atomic E-state index is 0.0363. The first-order valence-corrected chi connectivity index (χ1v) is 8.07. The molecule has 0 atom stereocenters. The number of carbonyl (C=O) groups excluding carboxylic acids is 1. The van der Waals surface area contributed by atoms with Crippen molar-refractivity contribution < 1.29 is 4.79 Å². The van der Waals surface area contributed by atoms with Gasteiger partial charge in [-0.05, 0) is 37.8 Å². The van der Waals surface area contributed by atoms with Gasteiger partial charge >= 0.3 is 0 Å². The van der Waals surface area contributed by atoms with Crippen LogP contribution in [0.5, 0.6) is 0 Å². The van der Waals surface area contributed by atoms with Gasteiger partial charge < -0.3 is 10.6 Å². The van der Waals surface area contributed by atoms with Crippen molar-refractivity contribution in [3.05, 3.63) is 28.1 Å². The fourth-order valence-corrected chi connectivity index (χ4v) is 3.85. The van der Waals surface area contributed by atoms with Gasteiger partial charge in [0.2, 0.25) is 0 Å². The lowest BCUT2D eigenvalue weighted by Crippen LogP contribution is -2.32. The number of nitrogens with two attached hydrogens (primary N) is 1. The topological polar surface area (TPSA) is 46.3 Å². The average Bonchev–Trinajstić information content (AvgIpc) is 3.19. The Hall–Kier alpha value is -1.26. The van der Waals surface area contributed by atoms with Gasteiger partial charge in [0.05, 0.1) is 10.7 Å². The van der Waals surface area contributed by atoms with Crippen LogP contribution in [0.3, 0.4) is 0 Å². The van der Waals surface area contributed by atoms with Crippen LogP contribution in [0, 0.1) is 5.92 Å². The fraction of sp³-hybridized carbons (Fsp3) is 0.400. The molecule has 1 aliphatic carbocycles. The predicted octanol–water partition coefficient (Wildman–Crippen LogP) is 4.01. The van der Waals surface area contributed by atoms with E-state index >= 15 is 0 Å². The first kappa shape index (κ1) is 13.7. The summed E-state index contributed by atoms with van der Waals surface area (Å²) >= 11 is 7.63. The number of benzene rings is 1. The molecule has 3 rings (SSSR count). The van der Waals surface area contributed by atoms with E-state index in [0.717, 1.165) is 23.2 Å². The summed E-state index contributed by atoms with van der Waals surface area (Å²) in [6.07, 6.45) is 2.47. The van der Waals surface area contributed by atoms with Gasteiger partial charge in [-0.1, -0.05) is 17.7 Å². The van der Waals surface area contributed by atoms with Crippen LogP contribution < -0.4 is 5.73 Å². The molecule has 1 saturated carbocycles. The zero-order chi connectivity index (χ0) is 14.3. The maximum atomic E-state index is 12.7. The average molecular weight is 309 g/mol. The summed E-state index contributed by atoms with van der Waals surface area (Å²) in [5.41, 5.74) is 6.68. The van der Waals surface area contributed by atoms with Gasteiger partial charge in [-0.3, -0.25) is 4.79 Å². The fourth-order valence-electron chi connectivity index (χ4n) is 2.40. The van der Waals surface area contributed by atoms with E-state index in [2.05, 4.69) is 0 Å². The molecule has 2 aromatic rings. The second kappa shape index (κ2) is 5.26. The number of anilines is 1. The lowest BCUT2D eigenvalue weighted by atomic mass is 10.2. The molecule has 0 saturated heterocycles. The second-order valence-electron chi connectivity index (χ2n) is 5.24. The summed E-state index contributed by atoms with van der Waals surface area (Å²) < 4.78 is 0.973. The lowest BCUT2D eigenvalue weighted by Gasteiger charge is -2.20. The third kappa shape index (κ3) is 2.38. The molecule has 0 radical (unpaired) electrons. The Balaban J connectivity index is 1.98. The molecule has 3 nitrogen and oxygen atoms in total. The number of fused-ring (bicyclic) bond motifs is 1.